The topological polar surface area (TPSA) is 21.7 Å². The highest BCUT2D eigenvalue weighted by atomic mass is 35.5. The second kappa shape index (κ2) is 8.75. The van der Waals surface area contributed by atoms with Crippen molar-refractivity contribution in [3.05, 3.63) is 0 Å². The quantitative estimate of drug-likeness (QED) is 0.443. The van der Waals surface area contributed by atoms with Gasteiger partial charge < -0.3 is 9.47 Å². The van der Waals surface area contributed by atoms with Crippen LogP contribution in [0.5, 0.6) is 0 Å². The lowest BCUT2D eigenvalue weighted by Crippen LogP contribution is -2.35. The summed E-state index contributed by atoms with van der Waals surface area (Å²) in [7, 11) is 3.78. The second-order valence-electron chi connectivity index (χ2n) is 3.09. The van der Waals surface area contributed by atoms with E-state index in [9.17, 15) is 0 Å². The molecular formula is C9H20ClNO2. The molecule has 0 amide bonds. The summed E-state index contributed by atoms with van der Waals surface area (Å²) < 4.78 is 10.3. The molecule has 0 heterocycles. The Labute approximate surface area is 85.9 Å². The van der Waals surface area contributed by atoms with Crippen LogP contribution < -0.4 is 0 Å². The predicted octanol–water partition coefficient (Wildman–Crippen LogP) is 1.21. The molecule has 0 aliphatic heterocycles. The molecule has 0 bridgehead atoms. The van der Waals surface area contributed by atoms with Gasteiger partial charge in [-0.2, -0.15) is 0 Å². The summed E-state index contributed by atoms with van der Waals surface area (Å²) in [5, 5.41) is 0. The monoisotopic (exact) mass is 209 g/mol. The van der Waals surface area contributed by atoms with E-state index < -0.39 is 0 Å². The van der Waals surface area contributed by atoms with E-state index in [0.29, 0.717) is 18.5 Å². The molecular weight excluding hydrogens is 190 g/mol. The van der Waals surface area contributed by atoms with Crippen LogP contribution in [0.25, 0.3) is 0 Å². The highest BCUT2D eigenvalue weighted by molar-refractivity contribution is 6.17. The average Bonchev–Trinajstić information content (AvgIpc) is 2.12. The van der Waals surface area contributed by atoms with E-state index in [4.69, 9.17) is 21.1 Å². The number of alkyl halides is 1. The summed E-state index contributed by atoms with van der Waals surface area (Å²) in [6.45, 7) is 5.17. The molecule has 0 radical (unpaired) electrons. The van der Waals surface area contributed by atoms with Crippen molar-refractivity contribution < 1.29 is 9.47 Å². The molecule has 4 heteroatoms. The van der Waals surface area contributed by atoms with E-state index in [0.717, 1.165) is 19.8 Å². The predicted molar refractivity (Wildman–Crippen MR) is 55.5 cm³/mol. The van der Waals surface area contributed by atoms with Crippen LogP contribution in [0.4, 0.5) is 0 Å². The molecule has 13 heavy (non-hydrogen) atoms. The van der Waals surface area contributed by atoms with Crippen LogP contribution in [-0.2, 0) is 9.47 Å². The van der Waals surface area contributed by atoms with Gasteiger partial charge in [-0.15, -0.1) is 11.6 Å². The van der Waals surface area contributed by atoms with E-state index in [1.807, 2.05) is 0 Å². The fourth-order valence-electron chi connectivity index (χ4n) is 0.954. The number of hydrogen-bond acceptors (Lipinski definition) is 3. The first kappa shape index (κ1) is 13.2. The average molecular weight is 210 g/mol. The first-order chi connectivity index (χ1) is 6.22. The number of ether oxygens (including phenoxy) is 2. The van der Waals surface area contributed by atoms with Gasteiger partial charge in [-0.1, -0.05) is 0 Å². The van der Waals surface area contributed by atoms with Crippen molar-refractivity contribution in [1.82, 2.24) is 4.90 Å². The van der Waals surface area contributed by atoms with Crippen molar-refractivity contribution in [2.45, 2.75) is 13.0 Å². The van der Waals surface area contributed by atoms with Crippen molar-refractivity contribution in [3.8, 4) is 0 Å². The van der Waals surface area contributed by atoms with Gasteiger partial charge >= 0.3 is 0 Å². The Kier molecular flexibility index (Phi) is 8.87. The normalized spacial score (nSPS) is 13.6. The molecule has 80 valence electrons. The smallest absolute Gasteiger partial charge is 0.0615 e. The molecule has 0 rings (SSSR count). The summed E-state index contributed by atoms with van der Waals surface area (Å²) in [6.07, 6.45) is 0. The number of nitrogens with zero attached hydrogens (tertiary/aromatic N) is 1. The highest BCUT2D eigenvalue weighted by Crippen LogP contribution is 1.95. The lowest BCUT2D eigenvalue weighted by Gasteiger charge is -2.23. The SMILES string of the molecule is COCC(C)N(C)CCOCCCl. The summed E-state index contributed by atoms with van der Waals surface area (Å²) in [6, 6.07) is 0.435. The number of hydrogen-bond donors (Lipinski definition) is 0. The third kappa shape index (κ3) is 7.26. The minimum atomic E-state index is 0.435. The van der Waals surface area contributed by atoms with Gasteiger partial charge in [0.05, 0.1) is 19.8 Å². The first-order valence-electron chi connectivity index (χ1n) is 4.55. The van der Waals surface area contributed by atoms with Crippen molar-refractivity contribution >= 4 is 11.6 Å². The first-order valence-corrected chi connectivity index (χ1v) is 5.08. The van der Waals surface area contributed by atoms with Gasteiger partial charge in [0.2, 0.25) is 0 Å². The molecule has 0 spiro atoms. The summed E-state index contributed by atoms with van der Waals surface area (Å²) >= 11 is 5.47. The van der Waals surface area contributed by atoms with Crippen LogP contribution in [-0.4, -0.2) is 57.3 Å². The van der Waals surface area contributed by atoms with Crippen LogP contribution >= 0.6 is 11.6 Å². The molecule has 3 nitrogen and oxygen atoms in total. The molecule has 0 saturated carbocycles. The molecule has 0 N–H and O–H groups in total. The van der Waals surface area contributed by atoms with Crippen LogP contribution in [0, 0.1) is 0 Å². The number of rotatable bonds is 8. The number of halogens is 1. The Balaban J connectivity index is 3.32. The minimum Gasteiger partial charge on any atom is -0.383 e. The lowest BCUT2D eigenvalue weighted by atomic mass is 10.3. The maximum atomic E-state index is 5.47. The summed E-state index contributed by atoms with van der Waals surface area (Å²) in [5.74, 6) is 0.567. The van der Waals surface area contributed by atoms with Gasteiger partial charge in [0.15, 0.2) is 0 Å². The molecule has 1 unspecified atom stereocenters. The van der Waals surface area contributed by atoms with E-state index in [2.05, 4.69) is 18.9 Å². The van der Waals surface area contributed by atoms with Crippen molar-refractivity contribution in [2.24, 2.45) is 0 Å². The Bertz CT molecular complexity index is 114. The molecule has 0 aromatic rings. The second-order valence-corrected chi connectivity index (χ2v) is 3.46. The van der Waals surface area contributed by atoms with Gasteiger partial charge in [0.25, 0.3) is 0 Å². The van der Waals surface area contributed by atoms with Gasteiger partial charge in [0.1, 0.15) is 0 Å². The molecule has 0 aliphatic rings. The zero-order valence-corrected chi connectivity index (χ0v) is 9.51. The van der Waals surface area contributed by atoms with Crippen LogP contribution in [0.1, 0.15) is 6.92 Å². The van der Waals surface area contributed by atoms with Crippen LogP contribution in [0.3, 0.4) is 0 Å². The Morgan fingerprint density at radius 2 is 2.08 bits per heavy atom. The van der Waals surface area contributed by atoms with E-state index in [1.165, 1.54) is 0 Å². The Morgan fingerprint density at radius 3 is 2.62 bits per heavy atom. The maximum Gasteiger partial charge on any atom is 0.0615 e. The molecule has 0 aliphatic carbocycles. The fraction of sp³-hybridized carbons (Fsp3) is 1.00. The number of methoxy groups -OCH3 is 1. The van der Waals surface area contributed by atoms with Crippen molar-refractivity contribution in [3.63, 3.8) is 0 Å². The third-order valence-electron chi connectivity index (χ3n) is 1.97. The van der Waals surface area contributed by atoms with E-state index in [1.54, 1.807) is 7.11 Å². The summed E-state index contributed by atoms with van der Waals surface area (Å²) in [4.78, 5) is 2.21. The Morgan fingerprint density at radius 1 is 1.38 bits per heavy atom. The van der Waals surface area contributed by atoms with Crippen molar-refractivity contribution in [2.75, 3.05) is 46.4 Å². The fourth-order valence-corrected chi connectivity index (χ4v) is 1.06. The molecule has 0 aromatic carbocycles. The van der Waals surface area contributed by atoms with Crippen LogP contribution in [0.2, 0.25) is 0 Å². The van der Waals surface area contributed by atoms with E-state index in [-0.39, 0.29) is 0 Å². The maximum absolute atomic E-state index is 5.47. The largest absolute Gasteiger partial charge is 0.383 e. The highest BCUT2D eigenvalue weighted by Gasteiger charge is 2.07. The van der Waals surface area contributed by atoms with E-state index >= 15 is 0 Å². The van der Waals surface area contributed by atoms with Gasteiger partial charge in [-0.05, 0) is 14.0 Å². The van der Waals surface area contributed by atoms with Gasteiger partial charge in [-0.3, -0.25) is 4.90 Å². The third-order valence-corrected chi connectivity index (χ3v) is 2.12. The van der Waals surface area contributed by atoms with Gasteiger partial charge in [-0.25, -0.2) is 0 Å². The van der Waals surface area contributed by atoms with Gasteiger partial charge in [0, 0.05) is 25.6 Å². The zero-order valence-electron chi connectivity index (χ0n) is 8.75. The summed E-state index contributed by atoms with van der Waals surface area (Å²) in [5.41, 5.74) is 0. The molecule has 0 fully saturated rings. The molecule has 1 atom stereocenters. The van der Waals surface area contributed by atoms with Crippen molar-refractivity contribution in [1.29, 1.82) is 0 Å². The molecule has 0 aromatic heterocycles. The Hall–Kier alpha value is 0.170. The lowest BCUT2D eigenvalue weighted by molar-refractivity contribution is 0.0790. The van der Waals surface area contributed by atoms with Crippen LogP contribution in [0.15, 0.2) is 0 Å². The molecule has 0 saturated heterocycles. The standard InChI is InChI=1S/C9H20ClNO2/c1-9(8-12-3)11(2)5-7-13-6-4-10/h9H,4-8H2,1-3H3. The number of likely N-dealkylation sites (N-methyl/N-ethyl adjacent to an activating group) is 1. The minimum absolute atomic E-state index is 0.435. The zero-order chi connectivity index (χ0) is 10.1.